The second-order valence-electron chi connectivity index (χ2n) is 5.97. The van der Waals surface area contributed by atoms with Crippen molar-refractivity contribution in [2.45, 2.75) is 39.0 Å². The minimum atomic E-state index is 0.282. The highest BCUT2D eigenvalue weighted by atomic mass is 16.3. The molecular formula is C14H25NO2. The average Bonchev–Trinajstić information content (AvgIpc) is 2.35. The second-order valence-corrected chi connectivity index (χ2v) is 5.97. The predicted octanol–water partition coefficient (Wildman–Crippen LogP) is 1.70. The van der Waals surface area contributed by atoms with Crippen LogP contribution >= 0.6 is 0 Å². The summed E-state index contributed by atoms with van der Waals surface area (Å²) in [6.07, 6.45) is 5.14. The Morgan fingerprint density at radius 2 is 2.00 bits per heavy atom. The molecule has 98 valence electrons. The number of nitrogens with zero attached hydrogens (tertiary/aromatic N) is 1. The van der Waals surface area contributed by atoms with E-state index in [2.05, 4.69) is 11.8 Å². The molecule has 2 atom stereocenters. The molecule has 3 nitrogen and oxygen atoms in total. The Morgan fingerprint density at radius 3 is 2.65 bits per heavy atom. The van der Waals surface area contributed by atoms with Crippen LogP contribution in [0.3, 0.4) is 0 Å². The van der Waals surface area contributed by atoms with Gasteiger partial charge in [0, 0.05) is 25.5 Å². The van der Waals surface area contributed by atoms with Crippen molar-refractivity contribution >= 4 is 5.78 Å². The highest BCUT2D eigenvalue weighted by Gasteiger charge is 2.29. The maximum absolute atomic E-state index is 11.9. The number of carbonyl (C=O) groups is 1. The summed E-state index contributed by atoms with van der Waals surface area (Å²) >= 11 is 0. The van der Waals surface area contributed by atoms with E-state index in [9.17, 15) is 4.79 Å². The van der Waals surface area contributed by atoms with Gasteiger partial charge in [0.1, 0.15) is 5.78 Å². The number of Topliss-reactive ketones (excluding diaryl/α,β-unsaturated/α-hetero) is 1. The van der Waals surface area contributed by atoms with Crippen LogP contribution in [0.25, 0.3) is 0 Å². The van der Waals surface area contributed by atoms with Gasteiger partial charge >= 0.3 is 0 Å². The molecule has 1 saturated carbocycles. The fourth-order valence-electron chi connectivity index (χ4n) is 3.17. The van der Waals surface area contributed by atoms with Gasteiger partial charge in [0.25, 0.3) is 0 Å². The zero-order valence-electron chi connectivity index (χ0n) is 10.9. The number of likely N-dealkylation sites (tertiary alicyclic amines) is 1. The molecule has 2 rings (SSSR count). The van der Waals surface area contributed by atoms with Crippen LogP contribution in [0.5, 0.6) is 0 Å². The largest absolute Gasteiger partial charge is 0.396 e. The quantitative estimate of drug-likeness (QED) is 0.815. The van der Waals surface area contributed by atoms with Crippen molar-refractivity contribution in [1.29, 1.82) is 0 Å². The fourth-order valence-corrected chi connectivity index (χ4v) is 3.17. The summed E-state index contributed by atoms with van der Waals surface area (Å²) in [5.41, 5.74) is 0. The fraction of sp³-hybridized carbons (Fsp3) is 0.929. The van der Waals surface area contributed by atoms with Crippen molar-refractivity contribution in [3.63, 3.8) is 0 Å². The van der Waals surface area contributed by atoms with E-state index in [1.54, 1.807) is 0 Å². The summed E-state index contributed by atoms with van der Waals surface area (Å²) in [7, 11) is 0. The minimum absolute atomic E-state index is 0.282. The number of aliphatic hydroxyl groups excluding tert-OH is 1. The number of hydrogen-bond donors (Lipinski definition) is 1. The maximum atomic E-state index is 11.9. The molecule has 0 spiro atoms. The van der Waals surface area contributed by atoms with Crippen LogP contribution in [0.15, 0.2) is 0 Å². The maximum Gasteiger partial charge on any atom is 0.137 e. The number of carbonyl (C=O) groups excluding carboxylic acids is 1. The van der Waals surface area contributed by atoms with Crippen molar-refractivity contribution in [2.24, 2.45) is 17.8 Å². The highest BCUT2D eigenvalue weighted by Crippen LogP contribution is 2.27. The molecule has 17 heavy (non-hydrogen) atoms. The molecule has 2 fully saturated rings. The first-order chi connectivity index (χ1) is 8.19. The van der Waals surface area contributed by atoms with E-state index in [1.165, 1.54) is 0 Å². The molecule has 0 bridgehead atoms. The molecule has 0 aromatic carbocycles. The molecule has 0 radical (unpaired) electrons. The second kappa shape index (κ2) is 5.96. The molecule has 1 saturated heterocycles. The molecule has 0 aromatic heterocycles. The number of rotatable bonds is 3. The topological polar surface area (TPSA) is 40.5 Å². The summed E-state index contributed by atoms with van der Waals surface area (Å²) in [6, 6.07) is 0. The van der Waals surface area contributed by atoms with Crippen molar-refractivity contribution in [2.75, 3.05) is 26.2 Å². The van der Waals surface area contributed by atoms with E-state index in [-0.39, 0.29) is 5.92 Å². The SMILES string of the molecule is CC1CCC(=O)C(CN2CCC(CO)CC2)C1. The smallest absolute Gasteiger partial charge is 0.137 e. The first kappa shape index (κ1) is 13.0. The Balaban J connectivity index is 1.78. The Morgan fingerprint density at radius 1 is 1.29 bits per heavy atom. The van der Waals surface area contributed by atoms with Gasteiger partial charge in [-0.3, -0.25) is 4.79 Å². The Bertz CT molecular complexity index is 259. The molecule has 2 unspecified atom stereocenters. The van der Waals surface area contributed by atoms with Crippen LogP contribution in [0.4, 0.5) is 0 Å². The van der Waals surface area contributed by atoms with Crippen molar-refractivity contribution in [1.82, 2.24) is 4.90 Å². The van der Waals surface area contributed by atoms with Crippen molar-refractivity contribution < 1.29 is 9.90 Å². The lowest BCUT2D eigenvalue weighted by Crippen LogP contribution is -2.41. The zero-order chi connectivity index (χ0) is 12.3. The van der Waals surface area contributed by atoms with Crippen molar-refractivity contribution in [3.8, 4) is 0 Å². The van der Waals surface area contributed by atoms with E-state index >= 15 is 0 Å². The monoisotopic (exact) mass is 239 g/mol. The molecule has 3 heteroatoms. The normalized spacial score (nSPS) is 32.9. The average molecular weight is 239 g/mol. The third kappa shape index (κ3) is 3.52. The Labute approximate surface area is 104 Å². The summed E-state index contributed by atoms with van der Waals surface area (Å²) < 4.78 is 0. The number of ketones is 1. The van der Waals surface area contributed by atoms with Crippen LogP contribution in [-0.4, -0.2) is 42.0 Å². The molecule has 2 aliphatic rings. The number of piperidine rings is 1. The van der Waals surface area contributed by atoms with Crippen LogP contribution in [0.2, 0.25) is 0 Å². The zero-order valence-corrected chi connectivity index (χ0v) is 10.9. The Kier molecular flexibility index (Phi) is 4.57. The van der Waals surface area contributed by atoms with Crippen LogP contribution in [0.1, 0.15) is 39.0 Å². The van der Waals surface area contributed by atoms with Gasteiger partial charge in [-0.2, -0.15) is 0 Å². The Hall–Kier alpha value is -0.410. The number of aliphatic hydroxyl groups is 1. The lowest BCUT2D eigenvalue weighted by atomic mass is 9.81. The minimum Gasteiger partial charge on any atom is -0.396 e. The van der Waals surface area contributed by atoms with Crippen LogP contribution < -0.4 is 0 Å². The number of hydrogen-bond acceptors (Lipinski definition) is 3. The predicted molar refractivity (Wildman–Crippen MR) is 67.8 cm³/mol. The van der Waals surface area contributed by atoms with Gasteiger partial charge in [0.05, 0.1) is 0 Å². The highest BCUT2D eigenvalue weighted by molar-refractivity contribution is 5.81. The first-order valence-corrected chi connectivity index (χ1v) is 7.05. The molecule has 0 aromatic rings. The van der Waals surface area contributed by atoms with Gasteiger partial charge < -0.3 is 10.0 Å². The van der Waals surface area contributed by atoms with E-state index in [4.69, 9.17) is 5.11 Å². The van der Waals surface area contributed by atoms with Gasteiger partial charge in [-0.05, 0) is 50.6 Å². The van der Waals surface area contributed by atoms with E-state index in [0.717, 1.165) is 51.7 Å². The van der Waals surface area contributed by atoms with Crippen molar-refractivity contribution in [3.05, 3.63) is 0 Å². The van der Waals surface area contributed by atoms with Gasteiger partial charge in [0.2, 0.25) is 0 Å². The van der Waals surface area contributed by atoms with E-state index in [0.29, 0.717) is 24.2 Å². The van der Waals surface area contributed by atoms with E-state index < -0.39 is 0 Å². The standard InChI is InChI=1S/C14H25NO2/c1-11-2-3-14(17)13(8-11)9-15-6-4-12(10-16)5-7-15/h11-13,16H,2-10H2,1H3. The van der Waals surface area contributed by atoms with Crippen LogP contribution in [-0.2, 0) is 4.79 Å². The summed E-state index contributed by atoms with van der Waals surface area (Å²) in [5, 5.41) is 9.10. The third-order valence-corrected chi connectivity index (χ3v) is 4.47. The van der Waals surface area contributed by atoms with E-state index in [1.807, 2.05) is 0 Å². The lowest BCUT2D eigenvalue weighted by molar-refractivity contribution is -0.126. The lowest BCUT2D eigenvalue weighted by Gasteiger charge is -2.35. The molecule has 0 amide bonds. The van der Waals surface area contributed by atoms with Gasteiger partial charge in [-0.1, -0.05) is 6.92 Å². The molecular weight excluding hydrogens is 214 g/mol. The third-order valence-electron chi connectivity index (χ3n) is 4.47. The van der Waals surface area contributed by atoms with Gasteiger partial charge in [0.15, 0.2) is 0 Å². The summed E-state index contributed by atoms with van der Waals surface area (Å²) in [5.74, 6) is 1.97. The van der Waals surface area contributed by atoms with Crippen LogP contribution in [0, 0.1) is 17.8 Å². The summed E-state index contributed by atoms with van der Waals surface area (Å²) in [4.78, 5) is 14.3. The van der Waals surface area contributed by atoms with Gasteiger partial charge in [-0.15, -0.1) is 0 Å². The molecule has 1 aliphatic carbocycles. The summed E-state index contributed by atoms with van der Waals surface area (Å²) in [6.45, 7) is 5.67. The molecule has 1 N–H and O–H groups in total. The van der Waals surface area contributed by atoms with Gasteiger partial charge in [-0.25, -0.2) is 0 Å². The molecule has 1 aliphatic heterocycles. The first-order valence-electron chi connectivity index (χ1n) is 7.05. The molecule has 1 heterocycles.